The Labute approximate surface area is 210 Å². The normalized spacial score (nSPS) is 15.3. The summed E-state index contributed by atoms with van der Waals surface area (Å²) in [6.45, 7) is 7.81. The SMILES string of the molecule is COc1cc(-c2nnc(C)n2C)ccc1Nc1ncc2cc(C)nc(N3CCC(C)(OC)CC3)c2n1. The van der Waals surface area contributed by atoms with Crippen molar-refractivity contribution in [1.82, 2.24) is 29.7 Å². The number of hydrogen-bond acceptors (Lipinski definition) is 9. The minimum absolute atomic E-state index is 0.0930. The van der Waals surface area contributed by atoms with Crippen LogP contribution in [0.5, 0.6) is 5.75 Å². The lowest BCUT2D eigenvalue weighted by molar-refractivity contribution is -0.0133. The van der Waals surface area contributed by atoms with E-state index in [1.54, 1.807) is 14.2 Å². The van der Waals surface area contributed by atoms with Gasteiger partial charge in [0, 0.05) is 50.1 Å². The molecule has 10 nitrogen and oxygen atoms in total. The molecule has 3 aromatic heterocycles. The highest BCUT2D eigenvalue weighted by Gasteiger charge is 2.31. The van der Waals surface area contributed by atoms with Crippen molar-refractivity contribution in [3.05, 3.63) is 42.0 Å². The molecule has 0 radical (unpaired) electrons. The largest absolute Gasteiger partial charge is 0.495 e. The van der Waals surface area contributed by atoms with Crippen LogP contribution in [-0.4, -0.2) is 62.6 Å². The molecule has 1 saturated heterocycles. The van der Waals surface area contributed by atoms with E-state index in [9.17, 15) is 0 Å². The highest BCUT2D eigenvalue weighted by atomic mass is 16.5. The van der Waals surface area contributed by atoms with E-state index in [1.165, 1.54) is 0 Å². The standard InChI is InChI=1S/C26H32N8O2/c1-16-13-19-15-27-25(30-22(19)24(28-16)34-11-9-26(3,36-6)10-12-34)29-20-8-7-18(14-21(20)35-5)23-32-31-17(2)33(23)4/h7-8,13-15H,9-12H2,1-6H3,(H,27,29,30). The molecule has 4 aromatic rings. The molecule has 0 amide bonds. The highest BCUT2D eigenvalue weighted by Crippen LogP contribution is 2.34. The van der Waals surface area contributed by atoms with E-state index in [1.807, 2.05) is 55.9 Å². The van der Waals surface area contributed by atoms with Crippen molar-refractivity contribution in [3.8, 4) is 17.1 Å². The Morgan fingerprint density at radius 2 is 1.81 bits per heavy atom. The molecule has 0 saturated carbocycles. The fourth-order valence-electron chi connectivity index (χ4n) is 4.54. The lowest BCUT2D eigenvalue weighted by Gasteiger charge is -2.39. The molecule has 10 heteroatoms. The van der Waals surface area contributed by atoms with E-state index in [0.717, 1.165) is 71.2 Å². The Bertz CT molecular complexity index is 1410. The Kier molecular flexibility index (Phi) is 6.21. The average molecular weight is 489 g/mol. The van der Waals surface area contributed by atoms with Gasteiger partial charge in [0.1, 0.15) is 17.1 Å². The van der Waals surface area contributed by atoms with Crippen LogP contribution in [0.4, 0.5) is 17.5 Å². The van der Waals surface area contributed by atoms with Gasteiger partial charge < -0.3 is 24.3 Å². The molecular formula is C26H32N8O2. The number of ether oxygens (including phenoxy) is 2. The Hall–Kier alpha value is -3.79. The zero-order valence-corrected chi connectivity index (χ0v) is 21.7. The highest BCUT2D eigenvalue weighted by molar-refractivity contribution is 5.89. The van der Waals surface area contributed by atoms with Crippen molar-refractivity contribution in [3.63, 3.8) is 0 Å². The van der Waals surface area contributed by atoms with Crippen LogP contribution in [0.2, 0.25) is 0 Å². The fraction of sp³-hybridized carbons (Fsp3) is 0.423. The monoisotopic (exact) mass is 488 g/mol. The number of anilines is 3. The summed E-state index contributed by atoms with van der Waals surface area (Å²) >= 11 is 0. The second-order valence-corrected chi connectivity index (χ2v) is 9.53. The smallest absolute Gasteiger partial charge is 0.227 e. The molecule has 5 rings (SSSR count). The van der Waals surface area contributed by atoms with Crippen molar-refractivity contribution < 1.29 is 9.47 Å². The molecule has 0 aliphatic carbocycles. The van der Waals surface area contributed by atoms with E-state index in [-0.39, 0.29) is 5.60 Å². The number of nitrogens with zero attached hydrogens (tertiary/aromatic N) is 7. The number of methoxy groups -OCH3 is 2. The van der Waals surface area contributed by atoms with Crippen LogP contribution in [-0.2, 0) is 11.8 Å². The molecular weight excluding hydrogens is 456 g/mol. The summed E-state index contributed by atoms with van der Waals surface area (Å²) in [5.41, 5.74) is 3.34. The van der Waals surface area contributed by atoms with Crippen molar-refractivity contribution in [2.45, 2.75) is 39.2 Å². The summed E-state index contributed by atoms with van der Waals surface area (Å²) in [6, 6.07) is 7.87. The number of piperidine rings is 1. The summed E-state index contributed by atoms with van der Waals surface area (Å²) < 4.78 is 13.3. The van der Waals surface area contributed by atoms with Gasteiger partial charge in [-0.2, -0.15) is 0 Å². The Morgan fingerprint density at radius 1 is 1.03 bits per heavy atom. The van der Waals surface area contributed by atoms with Crippen molar-refractivity contribution in [2.24, 2.45) is 7.05 Å². The molecule has 1 fully saturated rings. The topological polar surface area (TPSA) is 103 Å². The third-order valence-electron chi connectivity index (χ3n) is 7.09. The van der Waals surface area contributed by atoms with E-state index < -0.39 is 0 Å². The van der Waals surface area contributed by atoms with Crippen LogP contribution in [0, 0.1) is 13.8 Å². The minimum Gasteiger partial charge on any atom is -0.495 e. The first-order valence-electron chi connectivity index (χ1n) is 12.1. The number of nitrogens with one attached hydrogen (secondary N) is 1. The predicted octanol–water partition coefficient (Wildman–Crippen LogP) is 4.19. The van der Waals surface area contributed by atoms with Gasteiger partial charge in [0.2, 0.25) is 5.95 Å². The maximum absolute atomic E-state index is 5.72. The first-order chi connectivity index (χ1) is 17.3. The van der Waals surface area contributed by atoms with Gasteiger partial charge in [-0.1, -0.05) is 0 Å². The second-order valence-electron chi connectivity index (χ2n) is 9.53. The zero-order valence-electron chi connectivity index (χ0n) is 21.7. The number of aromatic nitrogens is 6. The van der Waals surface area contributed by atoms with Crippen LogP contribution in [0.1, 0.15) is 31.3 Å². The van der Waals surface area contributed by atoms with E-state index in [2.05, 4.69) is 32.3 Å². The number of aryl methyl sites for hydroxylation is 2. The quantitative estimate of drug-likeness (QED) is 0.428. The first kappa shape index (κ1) is 23.9. The Balaban J connectivity index is 1.46. The van der Waals surface area contributed by atoms with Crippen LogP contribution in [0.15, 0.2) is 30.5 Å². The predicted molar refractivity (Wildman–Crippen MR) is 140 cm³/mol. The van der Waals surface area contributed by atoms with E-state index in [4.69, 9.17) is 19.4 Å². The maximum Gasteiger partial charge on any atom is 0.227 e. The van der Waals surface area contributed by atoms with Crippen LogP contribution >= 0.6 is 0 Å². The summed E-state index contributed by atoms with van der Waals surface area (Å²) in [5, 5.41) is 12.7. The van der Waals surface area contributed by atoms with Crippen molar-refractivity contribution in [1.29, 1.82) is 0 Å². The van der Waals surface area contributed by atoms with Crippen LogP contribution < -0.4 is 15.0 Å². The molecule has 36 heavy (non-hydrogen) atoms. The lowest BCUT2D eigenvalue weighted by atomic mass is 9.93. The number of hydrogen-bond donors (Lipinski definition) is 1. The molecule has 1 N–H and O–H groups in total. The number of rotatable bonds is 6. The van der Waals surface area contributed by atoms with Gasteiger partial charge in [0.25, 0.3) is 0 Å². The molecule has 0 bridgehead atoms. The fourth-order valence-corrected chi connectivity index (χ4v) is 4.54. The molecule has 188 valence electrons. The summed E-state index contributed by atoms with van der Waals surface area (Å²) in [4.78, 5) is 16.6. The van der Waals surface area contributed by atoms with Gasteiger partial charge in [-0.3, -0.25) is 0 Å². The van der Waals surface area contributed by atoms with Crippen LogP contribution in [0.25, 0.3) is 22.3 Å². The van der Waals surface area contributed by atoms with Crippen LogP contribution in [0.3, 0.4) is 0 Å². The molecule has 1 aliphatic rings. The van der Waals surface area contributed by atoms with Gasteiger partial charge >= 0.3 is 0 Å². The lowest BCUT2D eigenvalue weighted by Crippen LogP contribution is -2.44. The Morgan fingerprint density at radius 3 is 2.47 bits per heavy atom. The zero-order chi connectivity index (χ0) is 25.4. The number of pyridine rings is 1. The minimum atomic E-state index is -0.0930. The third kappa shape index (κ3) is 4.44. The van der Waals surface area contributed by atoms with Crippen molar-refractivity contribution in [2.75, 3.05) is 37.5 Å². The molecule has 0 spiro atoms. The number of benzene rings is 1. The van der Waals surface area contributed by atoms with E-state index >= 15 is 0 Å². The summed E-state index contributed by atoms with van der Waals surface area (Å²) in [7, 11) is 5.37. The molecule has 4 heterocycles. The van der Waals surface area contributed by atoms with Gasteiger partial charge in [0.05, 0.1) is 18.4 Å². The summed E-state index contributed by atoms with van der Waals surface area (Å²) in [5.74, 6) is 3.64. The molecule has 1 aliphatic heterocycles. The van der Waals surface area contributed by atoms with Crippen molar-refractivity contribution >= 4 is 28.4 Å². The molecule has 0 atom stereocenters. The van der Waals surface area contributed by atoms with E-state index in [0.29, 0.717) is 11.7 Å². The van der Waals surface area contributed by atoms with Gasteiger partial charge in [-0.15, -0.1) is 10.2 Å². The average Bonchev–Trinajstić information content (AvgIpc) is 3.22. The summed E-state index contributed by atoms with van der Waals surface area (Å²) in [6.07, 6.45) is 3.71. The van der Waals surface area contributed by atoms with Gasteiger partial charge in [0.15, 0.2) is 11.6 Å². The molecule has 1 aromatic carbocycles. The first-order valence-corrected chi connectivity index (χ1v) is 12.1. The maximum atomic E-state index is 5.72. The molecule has 0 unspecified atom stereocenters. The van der Waals surface area contributed by atoms with Gasteiger partial charge in [-0.25, -0.2) is 15.0 Å². The van der Waals surface area contributed by atoms with Gasteiger partial charge in [-0.05, 0) is 57.9 Å². The third-order valence-corrected chi connectivity index (χ3v) is 7.09. The second kappa shape index (κ2) is 9.34. The number of fused-ring (bicyclic) bond motifs is 1.